The molecule has 0 atom stereocenters. The van der Waals surface area contributed by atoms with Crippen LogP contribution < -0.4 is 5.32 Å². The van der Waals surface area contributed by atoms with E-state index in [9.17, 15) is 4.79 Å². The Morgan fingerprint density at radius 2 is 1.92 bits per heavy atom. The van der Waals surface area contributed by atoms with Crippen molar-refractivity contribution in [3.05, 3.63) is 39.8 Å². The third-order valence-corrected chi connectivity index (χ3v) is 5.77. The van der Waals surface area contributed by atoms with Gasteiger partial charge in [0.15, 0.2) is 0 Å². The summed E-state index contributed by atoms with van der Waals surface area (Å²) in [4.78, 5) is 14.8. The quantitative estimate of drug-likeness (QED) is 0.809. The molecule has 5 nitrogen and oxygen atoms in total. The smallest absolute Gasteiger partial charge is 0.286 e. The number of benzene rings is 1. The molecule has 3 rings (SSSR count). The number of nitrogens with zero attached hydrogens (tertiary/aromatic N) is 3. The zero-order valence-corrected chi connectivity index (χ0v) is 15.8. The van der Waals surface area contributed by atoms with E-state index in [4.69, 9.17) is 0 Å². The maximum atomic E-state index is 12.4. The van der Waals surface area contributed by atoms with Crippen LogP contribution in [0.2, 0.25) is 0 Å². The highest BCUT2D eigenvalue weighted by molar-refractivity contribution is 7.13. The summed E-state index contributed by atoms with van der Waals surface area (Å²) < 4.78 is 0. The summed E-state index contributed by atoms with van der Waals surface area (Å²) in [5.74, 6) is -0.183. The topological polar surface area (TPSA) is 58.1 Å². The van der Waals surface area contributed by atoms with Crippen LogP contribution in [0.5, 0.6) is 0 Å². The molecular weight excluding hydrogens is 332 g/mol. The predicted octanol–water partition coefficient (Wildman–Crippen LogP) is 4.12. The Labute approximate surface area is 153 Å². The molecule has 1 N–H and O–H groups in total. The first-order valence-electron chi connectivity index (χ1n) is 9.16. The molecule has 2 aromatic rings. The second-order valence-electron chi connectivity index (χ2n) is 6.51. The molecule has 1 aromatic heterocycles. The number of rotatable bonds is 7. The molecule has 0 radical (unpaired) electrons. The van der Waals surface area contributed by atoms with Crippen molar-refractivity contribution in [2.24, 2.45) is 0 Å². The lowest BCUT2D eigenvalue weighted by molar-refractivity contribution is 0.102. The lowest BCUT2D eigenvalue weighted by Crippen LogP contribution is -2.32. The van der Waals surface area contributed by atoms with Gasteiger partial charge < -0.3 is 5.32 Å². The Balaban J connectivity index is 1.60. The summed E-state index contributed by atoms with van der Waals surface area (Å²) in [7, 11) is 0. The molecule has 1 aliphatic carbocycles. The summed E-state index contributed by atoms with van der Waals surface area (Å²) >= 11 is 1.39. The number of hydrogen-bond donors (Lipinski definition) is 1. The number of anilines is 1. The molecule has 1 saturated carbocycles. The predicted molar refractivity (Wildman–Crippen MR) is 102 cm³/mol. The average Bonchev–Trinajstić information content (AvgIpc) is 3.32. The first-order valence-corrected chi connectivity index (χ1v) is 9.98. The third-order valence-electron chi connectivity index (χ3n) is 4.87. The standard InChI is InChI=1S/C19H26N4OS/c1-3-14-9-11-15(12-10-14)20-18(24)19-22-21-17(25-19)13-23(4-2)16-7-5-6-8-16/h9-12,16H,3-8,13H2,1-2H3,(H,20,24). The van der Waals surface area contributed by atoms with Crippen LogP contribution in [0.15, 0.2) is 24.3 Å². The van der Waals surface area contributed by atoms with Gasteiger partial charge in [-0.05, 0) is 43.5 Å². The summed E-state index contributed by atoms with van der Waals surface area (Å²) in [5.41, 5.74) is 2.04. The lowest BCUT2D eigenvalue weighted by Gasteiger charge is -2.25. The second-order valence-corrected chi connectivity index (χ2v) is 7.57. The van der Waals surface area contributed by atoms with Gasteiger partial charge in [0.1, 0.15) is 5.01 Å². The maximum Gasteiger partial charge on any atom is 0.286 e. The normalized spacial score (nSPS) is 15.0. The first kappa shape index (κ1) is 18.0. The van der Waals surface area contributed by atoms with E-state index in [1.165, 1.54) is 42.6 Å². The number of nitrogens with one attached hydrogen (secondary N) is 1. The molecular formula is C19H26N4OS. The van der Waals surface area contributed by atoms with Crippen molar-refractivity contribution >= 4 is 22.9 Å². The Kier molecular flexibility index (Phi) is 6.15. The van der Waals surface area contributed by atoms with Crippen LogP contribution in [0.1, 0.15) is 59.9 Å². The zero-order chi connectivity index (χ0) is 17.6. The molecule has 1 aromatic carbocycles. The van der Waals surface area contributed by atoms with E-state index in [0.29, 0.717) is 11.0 Å². The molecule has 0 spiro atoms. The van der Waals surface area contributed by atoms with Crippen LogP contribution in [0.3, 0.4) is 0 Å². The average molecular weight is 359 g/mol. The van der Waals surface area contributed by atoms with Crippen molar-refractivity contribution in [3.8, 4) is 0 Å². The molecule has 0 aliphatic heterocycles. The molecule has 1 heterocycles. The van der Waals surface area contributed by atoms with Gasteiger partial charge in [0.05, 0.1) is 6.54 Å². The molecule has 0 bridgehead atoms. The highest BCUT2D eigenvalue weighted by Gasteiger charge is 2.23. The Morgan fingerprint density at radius 1 is 1.20 bits per heavy atom. The maximum absolute atomic E-state index is 12.4. The number of aryl methyl sites for hydroxylation is 1. The number of amides is 1. The van der Waals surface area contributed by atoms with Crippen LogP contribution in [-0.2, 0) is 13.0 Å². The van der Waals surface area contributed by atoms with Crippen molar-refractivity contribution < 1.29 is 4.79 Å². The molecule has 0 unspecified atom stereocenters. The fourth-order valence-electron chi connectivity index (χ4n) is 3.36. The van der Waals surface area contributed by atoms with Crippen LogP contribution in [-0.4, -0.2) is 33.6 Å². The van der Waals surface area contributed by atoms with Gasteiger partial charge >= 0.3 is 0 Å². The Morgan fingerprint density at radius 3 is 2.56 bits per heavy atom. The minimum Gasteiger partial charge on any atom is -0.320 e. The van der Waals surface area contributed by atoms with Crippen molar-refractivity contribution in [3.63, 3.8) is 0 Å². The molecule has 1 amide bonds. The lowest BCUT2D eigenvalue weighted by atomic mass is 10.1. The number of aromatic nitrogens is 2. The fourth-order valence-corrected chi connectivity index (χ4v) is 4.12. The van der Waals surface area contributed by atoms with Crippen LogP contribution in [0.25, 0.3) is 0 Å². The van der Waals surface area contributed by atoms with E-state index in [-0.39, 0.29) is 5.91 Å². The van der Waals surface area contributed by atoms with Gasteiger partial charge in [-0.1, -0.05) is 50.2 Å². The van der Waals surface area contributed by atoms with E-state index in [1.807, 2.05) is 24.3 Å². The summed E-state index contributed by atoms with van der Waals surface area (Å²) in [6.07, 6.45) is 6.17. The fraction of sp³-hybridized carbons (Fsp3) is 0.526. The van der Waals surface area contributed by atoms with E-state index >= 15 is 0 Å². The van der Waals surface area contributed by atoms with Gasteiger partial charge in [-0.25, -0.2) is 0 Å². The molecule has 1 aliphatic rings. The number of carbonyl (C=O) groups excluding carboxylic acids is 1. The van der Waals surface area contributed by atoms with Crippen molar-refractivity contribution in [2.45, 2.75) is 58.5 Å². The highest BCUT2D eigenvalue weighted by Crippen LogP contribution is 2.25. The number of hydrogen-bond acceptors (Lipinski definition) is 5. The minimum absolute atomic E-state index is 0.183. The second kappa shape index (κ2) is 8.54. The Hall–Kier alpha value is -1.79. The largest absolute Gasteiger partial charge is 0.320 e. The third kappa shape index (κ3) is 4.64. The van der Waals surface area contributed by atoms with E-state index in [0.717, 1.165) is 30.2 Å². The van der Waals surface area contributed by atoms with Gasteiger partial charge in [0.25, 0.3) is 5.91 Å². The van der Waals surface area contributed by atoms with Crippen LogP contribution >= 0.6 is 11.3 Å². The van der Waals surface area contributed by atoms with Crippen molar-refractivity contribution in [2.75, 3.05) is 11.9 Å². The molecule has 134 valence electrons. The van der Waals surface area contributed by atoms with E-state index < -0.39 is 0 Å². The van der Waals surface area contributed by atoms with Crippen molar-refractivity contribution in [1.29, 1.82) is 0 Å². The number of carbonyl (C=O) groups is 1. The summed E-state index contributed by atoms with van der Waals surface area (Å²) in [6.45, 7) is 6.10. The first-order chi connectivity index (χ1) is 12.2. The minimum atomic E-state index is -0.183. The van der Waals surface area contributed by atoms with Crippen LogP contribution in [0, 0.1) is 0 Å². The highest BCUT2D eigenvalue weighted by atomic mass is 32.1. The molecule has 1 fully saturated rings. The van der Waals surface area contributed by atoms with E-state index in [1.54, 1.807) is 0 Å². The van der Waals surface area contributed by atoms with Crippen LogP contribution in [0.4, 0.5) is 5.69 Å². The molecule has 25 heavy (non-hydrogen) atoms. The van der Waals surface area contributed by atoms with Gasteiger partial charge in [-0.2, -0.15) is 0 Å². The van der Waals surface area contributed by atoms with Gasteiger partial charge in [0.2, 0.25) is 5.01 Å². The van der Waals surface area contributed by atoms with Gasteiger partial charge in [0, 0.05) is 11.7 Å². The van der Waals surface area contributed by atoms with Gasteiger partial charge in [-0.15, -0.1) is 10.2 Å². The molecule has 6 heteroatoms. The summed E-state index contributed by atoms with van der Waals surface area (Å²) in [6, 6.07) is 8.57. The van der Waals surface area contributed by atoms with E-state index in [2.05, 4.69) is 34.3 Å². The molecule has 0 saturated heterocycles. The summed E-state index contributed by atoms with van der Waals surface area (Å²) in [5, 5.41) is 12.6. The zero-order valence-electron chi connectivity index (χ0n) is 15.0. The Bertz CT molecular complexity index is 692. The van der Waals surface area contributed by atoms with Gasteiger partial charge in [-0.3, -0.25) is 9.69 Å². The SMILES string of the molecule is CCc1ccc(NC(=O)c2nnc(CN(CC)C3CCCC3)s2)cc1. The monoisotopic (exact) mass is 358 g/mol. The van der Waals surface area contributed by atoms with Crippen molar-refractivity contribution in [1.82, 2.24) is 15.1 Å².